The van der Waals surface area contributed by atoms with Crippen LogP contribution in [-0.4, -0.2) is 10.8 Å². The molecular formula is C32H33NO3. The number of carbonyl (C=O) groups is 1. The summed E-state index contributed by atoms with van der Waals surface area (Å²) in [5.41, 5.74) is 3.53. The molecule has 0 radical (unpaired) electrons. The van der Waals surface area contributed by atoms with Gasteiger partial charge in [-0.25, -0.2) is 4.98 Å². The van der Waals surface area contributed by atoms with E-state index in [2.05, 4.69) is 70.8 Å². The minimum absolute atomic E-state index is 0.0607. The predicted octanol–water partition coefficient (Wildman–Crippen LogP) is 8.49. The Morgan fingerprint density at radius 3 is 1.67 bits per heavy atom. The Kier molecular flexibility index (Phi) is 6.98. The Labute approximate surface area is 213 Å². The average Bonchev–Trinajstić information content (AvgIpc) is 2.84. The van der Waals surface area contributed by atoms with Crippen molar-refractivity contribution in [1.29, 1.82) is 0 Å². The Bertz CT molecular complexity index is 1320. The fraction of sp³-hybridized carbons (Fsp3) is 0.250. The van der Waals surface area contributed by atoms with E-state index in [0.29, 0.717) is 34.3 Å². The van der Waals surface area contributed by atoms with Crippen molar-refractivity contribution in [2.75, 3.05) is 0 Å². The molecule has 1 heterocycles. The third kappa shape index (κ3) is 6.01. The molecule has 1 aromatic heterocycles. The van der Waals surface area contributed by atoms with Crippen LogP contribution in [0.2, 0.25) is 0 Å². The number of rotatable bonds is 6. The van der Waals surface area contributed by atoms with Gasteiger partial charge in [0.05, 0.1) is 5.56 Å². The van der Waals surface area contributed by atoms with Crippen LogP contribution in [0.25, 0.3) is 0 Å². The summed E-state index contributed by atoms with van der Waals surface area (Å²) in [6, 6.07) is 26.6. The van der Waals surface area contributed by atoms with Gasteiger partial charge in [-0.3, -0.25) is 4.79 Å². The van der Waals surface area contributed by atoms with E-state index in [1.165, 1.54) is 17.3 Å². The highest BCUT2D eigenvalue weighted by Crippen LogP contribution is 2.30. The van der Waals surface area contributed by atoms with Crippen LogP contribution in [0.1, 0.15) is 68.6 Å². The van der Waals surface area contributed by atoms with Gasteiger partial charge in [-0.1, -0.05) is 77.9 Å². The van der Waals surface area contributed by atoms with E-state index < -0.39 is 0 Å². The molecule has 0 saturated carbocycles. The van der Waals surface area contributed by atoms with Crippen molar-refractivity contribution < 1.29 is 14.3 Å². The van der Waals surface area contributed by atoms with Gasteiger partial charge in [0.15, 0.2) is 5.78 Å². The van der Waals surface area contributed by atoms with Gasteiger partial charge in [0.2, 0.25) is 5.88 Å². The lowest BCUT2D eigenvalue weighted by Gasteiger charge is -2.19. The van der Waals surface area contributed by atoms with Crippen LogP contribution >= 0.6 is 0 Å². The first-order valence-corrected chi connectivity index (χ1v) is 12.2. The Balaban J connectivity index is 1.48. The fourth-order valence-electron chi connectivity index (χ4n) is 3.77. The predicted molar refractivity (Wildman–Crippen MR) is 145 cm³/mol. The van der Waals surface area contributed by atoms with Gasteiger partial charge >= 0.3 is 0 Å². The molecule has 0 fully saturated rings. The van der Waals surface area contributed by atoms with Crippen molar-refractivity contribution in [1.82, 2.24) is 4.98 Å². The highest BCUT2D eigenvalue weighted by Gasteiger charge is 2.17. The van der Waals surface area contributed by atoms with Gasteiger partial charge in [0, 0.05) is 17.8 Å². The lowest BCUT2D eigenvalue weighted by Crippen LogP contribution is -2.10. The van der Waals surface area contributed by atoms with Gasteiger partial charge in [0.25, 0.3) is 0 Å². The maximum absolute atomic E-state index is 13.3. The summed E-state index contributed by atoms with van der Waals surface area (Å²) in [5.74, 6) is 2.16. The highest BCUT2D eigenvalue weighted by atomic mass is 16.5. The number of hydrogen-bond donors (Lipinski definition) is 0. The number of ketones is 1. The van der Waals surface area contributed by atoms with Gasteiger partial charge in [-0.2, -0.15) is 0 Å². The van der Waals surface area contributed by atoms with E-state index in [0.717, 1.165) is 0 Å². The molecule has 4 heteroatoms. The molecule has 4 rings (SSSR count). The summed E-state index contributed by atoms with van der Waals surface area (Å²) in [6.45, 7) is 13.0. The molecule has 0 saturated heterocycles. The van der Waals surface area contributed by atoms with Crippen LogP contribution < -0.4 is 9.47 Å². The van der Waals surface area contributed by atoms with E-state index in [-0.39, 0.29) is 16.6 Å². The first kappa shape index (κ1) is 25.2. The summed E-state index contributed by atoms with van der Waals surface area (Å²) in [6.07, 6.45) is 1.54. The second kappa shape index (κ2) is 9.98. The van der Waals surface area contributed by atoms with Gasteiger partial charge in [-0.05, 0) is 64.4 Å². The number of para-hydroxylation sites is 1. The maximum Gasteiger partial charge on any atom is 0.219 e. The molecule has 0 bridgehead atoms. The van der Waals surface area contributed by atoms with Crippen LogP contribution in [0.15, 0.2) is 91.1 Å². The van der Waals surface area contributed by atoms with E-state index in [1.54, 1.807) is 24.3 Å². The van der Waals surface area contributed by atoms with Crippen LogP contribution in [0, 0.1) is 0 Å². The molecule has 0 aliphatic rings. The number of pyridine rings is 1. The summed E-state index contributed by atoms with van der Waals surface area (Å²) in [5, 5.41) is 0. The second-order valence-electron chi connectivity index (χ2n) is 11.0. The summed E-state index contributed by atoms with van der Waals surface area (Å²) >= 11 is 0. The molecule has 3 aromatic carbocycles. The quantitative estimate of drug-likeness (QED) is 0.260. The second-order valence-corrected chi connectivity index (χ2v) is 11.0. The number of benzene rings is 3. The van der Waals surface area contributed by atoms with Gasteiger partial charge in [-0.15, -0.1) is 0 Å². The number of ether oxygens (including phenoxy) is 2. The fourth-order valence-corrected chi connectivity index (χ4v) is 3.77. The molecule has 0 spiro atoms. The lowest BCUT2D eigenvalue weighted by molar-refractivity contribution is 0.103. The minimum Gasteiger partial charge on any atom is -0.457 e. The molecule has 184 valence electrons. The first-order valence-electron chi connectivity index (χ1n) is 12.2. The first-order chi connectivity index (χ1) is 17.0. The average molecular weight is 480 g/mol. The largest absolute Gasteiger partial charge is 0.457 e. The van der Waals surface area contributed by atoms with Crippen molar-refractivity contribution in [3.63, 3.8) is 0 Å². The monoisotopic (exact) mass is 479 g/mol. The van der Waals surface area contributed by atoms with E-state index in [1.807, 2.05) is 36.4 Å². The molecule has 0 atom stereocenters. The maximum atomic E-state index is 13.3. The molecule has 0 amide bonds. The number of hydrogen-bond acceptors (Lipinski definition) is 4. The van der Waals surface area contributed by atoms with Crippen LogP contribution in [0.3, 0.4) is 0 Å². The van der Waals surface area contributed by atoms with Crippen molar-refractivity contribution in [2.24, 2.45) is 0 Å². The summed E-state index contributed by atoms with van der Waals surface area (Å²) in [7, 11) is 0. The zero-order chi connectivity index (χ0) is 25.9. The molecule has 4 nitrogen and oxygen atoms in total. The van der Waals surface area contributed by atoms with E-state index >= 15 is 0 Å². The molecule has 36 heavy (non-hydrogen) atoms. The van der Waals surface area contributed by atoms with Crippen LogP contribution in [-0.2, 0) is 10.8 Å². The molecule has 0 unspecified atom stereocenters. The standard InChI is InChI=1S/C32H33NO3/c1-31(2,3)23-12-16-25(17-13-23)35-28-10-8-7-9-27(28)30(34)22-11-20-29(33-21-22)36-26-18-14-24(15-19-26)32(4,5)6/h7-21H,1-6H3. The van der Waals surface area contributed by atoms with Crippen LogP contribution in [0.4, 0.5) is 0 Å². The van der Waals surface area contributed by atoms with Crippen molar-refractivity contribution in [3.8, 4) is 23.1 Å². The molecule has 0 aliphatic heterocycles. The molecule has 4 aromatic rings. The molecule has 0 N–H and O–H groups in total. The third-order valence-electron chi connectivity index (χ3n) is 6.02. The highest BCUT2D eigenvalue weighted by molar-refractivity contribution is 6.10. The topological polar surface area (TPSA) is 48.4 Å². The number of nitrogens with zero attached hydrogens (tertiary/aromatic N) is 1. The molecule has 0 aliphatic carbocycles. The Morgan fingerprint density at radius 1 is 0.639 bits per heavy atom. The van der Waals surface area contributed by atoms with E-state index in [9.17, 15) is 4.79 Å². The normalized spacial score (nSPS) is 11.7. The van der Waals surface area contributed by atoms with Gasteiger partial charge < -0.3 is 9.47 Å². The SMILES string of the molecule is CC(C)(C)c1ccc(Oc2ccc(C(=O)c3ccccc3Oc3ccc(C(C)(C)C)cc3)cn2)cc1. The number of aromatic nitrogens is 1. The smallest absolute Gasteiger partial charge is 0.219 e. The third-order valence-corrected chi connectivity index (χ3v) is 6.02. The lowest BCUT2D eigenvalue weighted by atomic mass is 9.87. The summed E-state index contributed by atoms with van der Waals surface area (Å²) < 4.78 is 12.0. The Morgan fingerprint density at radius 2 is 1.17 bits per heavy atom. The minimum atomic E-state index is -0.162. The van der Waals surface area contributed by atoms with Gasteiger partial charge in [0.1, 0.15) is 17.2 Å². The summed E-state index contributed by atoms with van der Waals surface area (Å²) in [4.78, 5) is 17.6. The number of carbonyl (C=O) groups excluding carboxylic acids is 1. The van der Waals surface area contributed by atoms with E-state index in [4.69, 9.17) is 9.47 Å². The Hall–Kier alpha value is -3.92. The molecular weight excluding hydrogens is 446 g/mol. The zero-order valence-electron chi connectivity index (χ0n) is 21.8. The van der Waals surface area contributed by atoms with Crippen molar-refractivity contribution in [2.45, 2.75) is 52.4 Å². The zero-order valence-corrected chi connectivity index (χ0v) is 21.8. The van der Waals surface area contributed by atoms with Crippen LogP contribution in [0.5, 0.6) is 23.1 Å². The van der Waals surface area contributed by atoms with Crippen molar-refractivity contribution >= 4 is 5.78 Å². The van der Waals surface area contributed by atoms with Crippen molar-refractivity contribution in [3.05, 3.63) is 113 Å².